The molecule has 0 atom stereocenters. The molecule has 0 aliphatic rings. The van der Waals surface area contributed by atoms with Crippen molar-refractivity contribution < 1.29 is 9.21 Å². The summed E-state index contributed by atoms with van der Waals surface area (Å²) in [7, 11) is 0. The minimum absolute atomic E-state index is 0.00551. The van der Waals surface area contributed by atoms with Crippen LogP contribution in [0.4, 0.5) is 0 Å². The predicted octanol–water partition coefficient (Wildman–Crippen LogP) is 3.03. The van der Waals surface area contributed by atoms with Crippen molar-refractivity contribution in [2.75, 3.05) is 0 Å². The lowest BCUT2D eigenvalue weighted by Gasteiger charge is -1.93. The molecule has 0 saturated heterocycles. The first-order valence-corrected chi connectivity index (χ1v) is 6.10. The first-order valence-electron chi connectivity index (χ1n) is 5.22. The van der Waals surface area contributed by atoms with Gasteiger partial charge in [-0.3, -0.25) is 4.79 Å². The summed E-state index contributed by atoms with van der Waals surface area (Å²) in [4.78, 5) is 16.1. The number of Topliss-reactive ketones (excluding diaryl/α,β-unsaturated/α-hetero) is 1. The molecular weight excluding hydrogens is 222 g/mol. The lowest BCUT2D eigenvalue weighted by Crippen LogP contribution is -2.01. The van der Waals surface area contributed by atoms with Gasteiger partial charge in [0.25, 0.3) is 0 Å². The zero-order valence-electron chi connectivity index (χ0n) is 9.32. The Balaban J connectivity index is 2.08. The number of ketones is 1. The maximum absolute atomic E-state index is 11.8. The van der Waals surface area contributed by atoms with Crippen LogP contribution in [0.2, 0.25) is 0 Å². The third-order valence-electron chi connectivity index (χ3n) is 2.26. The Kier molecular flexibility index (Phi) is 3.19. The molecule has 2 aromatic heterocycles. The molecule has 2 heterocycles. The van der Waals surface area contributed by atoms with Crippen LogP contribution in [-0.4, -0.2) is 10.8 Å². The van der Waals surface area contributed by atoms with Gasteiger partial charge >= 0.3 is 0 Å². The standard InChI is InChI=1S/C12H13NO2S/c1-3-9-4-5-11(15-9)10(14)6-12-13-8(2)7-16-12/h4-5,7H,3,6H2,1-2H3. The van der Waals surface area contributed by atoms with Crippen molar-refractivity contribution in [3.63, 3.8) is 0 Å². The van der Waals surface area contributed by atoms with Crippen LogP contribution in [0.5, 0.6) is 0 Å². The molecule has 0 N–H and O–H groups in total. The van der Waals surface area contributed by atoms with Gasteiger partial charge in [-0.2, -0.15) is 0 Å². The first-order chi connectivity index (χ1) is 7.69. The fraction of sp³-hybridized carbons (Fsp3) is 0.333. The van der Waals surface area contributed by atoms with E-state index in [2.05, 4.69) is 4.98 Å². The molecule has 0 amide bonds. The van der Waals surface area contributed by atoms with Crippen molar-refractivity contribution in [3.8, 4) is 0 Å². The summed E-state index contributed by atoms with van der Waals surface area (Å²) in [5.74, 6) is 1.28. The van der Waals surface area contributed by atoms with Gasteiger partial charge in [-0.25, -0.2) is 4.98 Å². The molecule has 0 fully saturated rings. The summed E-state index contributed by atoms with van der Waals surface area (Å²) in [5, 5.41) is 2.79. The molecule has 0 radical (unpaired) electrons. The van der Waals surface area contributed by atoms with Gasteiger partial charge in [0.05, 0.1) is 6.42 Å². The van der Waals surface area contributed by atoms with Gasteiger partial charge in [-0.05, 0) is 19.1 Å². The summed E-state index contributed by atoms with van der Waals surface area (Å²) < 4.78 is 5.40. The lowest BCUT2D eigenvalue weighted by atomic mass is 10.2. The van der Waals surface area contributed by atoms with Crippen LogP contribution >= 0.6 is 11.3 Å². The number of carbonyl (C=O) groups is 1. The molecule has 0 aliphatic heterocycles. The van der Waals surface area contributed by atoms with Gasteiger partial charge in [0.1, 0.15) is 10.8 Å². The number of hydrogen-bond donors (Lipinski definition) is 0. The largest absolute Gasteiger partial charge is 0.458 e. The van der Waals surface area contributed by atoms with Gasteiger partial charge in [0.2, 0.25) is 5.78 Å². The van der Waals surface area contributed by atoms with Crippen LogP contribution in [0.15, 0.2) is 21.9 Å². The highest BCUT2D eigenvalue weighted by Crippen LogP contribution is 2.14. The topological polar surface area (TPSA) is 43.1 Å². The fourth-order valence-corrected chi connectivity index (χ4v) is 2.20. The van der Waals surface area contributed by atoms with E-state index in [1.54, 1.807) is 6.07 Å². The Morgan fingerprint density at radius 1 is 1.50 bits per heavy atom. The van der Waals surface area contributed by atoms with Gasteiger partial charge in [0, 0.05) is 17.5 Å². The van der Waals surface area contributed by atoms with Crippen molar-refractivity contribution in [2.45, 2.75) is 26.7 Å². The number of aryl methyl sites for hydroxylation is 2. The molecule has 0 aliphatic carbocycles. The molecule has 4 heteroatoms. The van der Waals surface area contributed by atoms with E-state index < -0.39 is 0 Å². The van der Waals surface area contributed by atoms with Crippen LogP contribution in [0.1, 0.15) is 33.9 Å². The minimum atomic E-state index is -0.00551. The van der Waals surface area contributed by atoms with Crippen LogP contribution in [-0.2, 0) is 12.8 Å². The lowest BCUT2D eigenvalue weighted by molar-refractivity contribution is 0.0964. The molecule has 0 saturated carbocycles. The molecule has 16 heavy (non-hydrogen) atoms. The van der Waals surface area contributed by atoms with Gasteiger partial charge < -0.3 is 4.42 Å². The molecule has 0 spiro atoms. The Hall–Kier alpha value is -1.42. The molecule has 0 unspecified atom stereocenters. The Bertz CT molecular complexity index is 499. The normalized spacial score (nSPS) is 10.6. The summed E-state index contributed by atoms with van der Waals surface area (Å²) in [5.41, 5.74) is 0.960. The molecular formula is C12H13NO2S. The SMILES string of the molecule is CCc1ccc(C(=O)Cc2nc(C)cs2)o1. The second-order valence-electron chi connectivity index (χ2n) is 3.60. The highest BCUT2D eigenvalue weighted by molar-refractivity contribution is 7.09. The number of furan rings is 1. The fourth-order valence-electron chi connectivity index (χ4n) is 1.43. The third kappa shape index (κ3) is 2.39. The smallest absolute Gasteiger partial charge is 0.204 e. The van der Waals surface area contributed by atoms with Gasteiger partial charge in [0.15, 0.2) is 5.76 Å². The third-order valence-corrected chi connectivity index (χ3v) is 3.23. The van der Waals surface area contributed by atoms with Crippen LogP contribution in [0.25, 0.3) is 0 Å². The van der Waals surface area contributed by atoms with Crippen molar-refractivity contribution in [1.82, 2.24) is 4.98 Å². The number of hydrogen-bond acceptors (Lipinski definition) is 4. The number of rotatable bonds is 4. The van der Waals surface area contributed by atoms with E-state index in [1.807, 2.05) is 25.3 Å². The average molecular weight is 235 g/mol. The summed E-state index contributed by atoms with van der Waals surface area (Å²) in [6.07, 6.45) is 1.14. The maximum atomic E-state index is 11.8. The zero-order chi connectivity index (χ0) is 11.5. The summed E-state index contributed by atoms with van der Waals surface area (Å²) in [6, 6.07) is 3.59. The average Bonchev–Trinajstić information content (AvgIpc) is 2.87. The van der Waals surface area contributed by atoms with Gasteiger partial charge in [-0.15, -0.1) is 11.3 Å². The Morgan fingerprint density at radius 2 is 2.31 bits per heavy atom. The minimum Gasteiger partial charge on any atom is -0.458 e. The van der Waals surface area contributed by atoms with Crippen molar-refractivity contribution in [1.29, 1.82) is 0 Å². The second kappa shape index (κ2) is 4.61. The number of aromatic nitrogens is 1. The van der Waals surface area contributed by atoms with E-state index in [1.165, 1.54) is 11.3 Å². The van der Waals surface area contributed by atoms with E-state index >= 15 is 0 Å². The first kappa shape index (κ1) is 11.1. The molecule has 2 rings (SSSR count). The van der Waals surface area contributed by atoms with E-state index in [-0.39, 0.29) is 5.78 Å². The number of thiazole rings is 1. The Morgan fingerprint density at radius 3 is 2.88 bits per heavy atom. The van der Waals surface area contributed by atoms with Crippen LogP contribution < -0.4 is 0 Å². The van der Waals surface area contributed by atoms with E-state index in [9.17, 15) is 4.79 Å². The number of nitrogens with zero attached hydrogens (tertiary/aromatic N) is 1. The van der Waals surface area contributed by atoms with Crippen LogP contribution in [0.3, 0.4) is 0 Å². The maximum Gasteiger partial charge on any atom is 0.204 e. The monoisotopic (exact) mass is 235 g/mol. The number of carbonyl (C=O) groups excluding carboxylic acids is 1. The van der Waals surface area contributed by atoms with E-state index in [4.69, 9.17) is 4.42 Å². The quantitative estimate of drug-likeness (QED) is 0.765. The zero-order valence-corrected chi connectivity index (χ0v) is 10.1. The molecule has 84 valence electrons. The molecule has 0 aromatic carbocycles. The summed E-state index contributed by atoms with van der Waals surface area (Å²) >= 11 is 1.51. The van der Waals surface area contributed by atoms with Crippen molar-refractivity contribution in [3.05, 3.63) is 39.7 Å². The van der Waals surface area contributed by atoms with Crippen molar-refractivity contribution in [2.24, 2.45) is 0 Å². The summed E-state index contributed by atoms with van der Waals surface area (Å²) in [6.45, 7) is 3.92. The van der Waals surface area contributed by atoms with E-state index in [0.29, 0.717) is 12.2 Å². The molecule has 2 aromatic rings. The second-order valence-corrected chi connectivity index (χ2v) is 4.54. The van der Waals surface area contributed by atoms with E-state index in [0.717, 1.165) is 22.9 Å². The highest BCUT2D eigenvalue weighted by Gasteiger charge is 2.13. The van der Waals surface area contributed by atoms with Gasteiger partial charge in [-0.1, -0.05) is 6.92 Å². The highest BCUT2D eigenvalue weighted by atomic mass is 32.1. The molecule has 3 nitrogen and oxygen atoms in total. The van der Waals surface area contributed by atoms with Crippen LogP contribution in [0, 0.1) is 6.92 Å². The van der Waals surface area contributed by atoms with Crippen molar-refractivity contribution >= 4 is 17.1 Å². The predicted molar refractivity (Wildman–Crippen MR) is 63.0 cm³/mol. The Labute approximate surface area is 98.1 Å². The molecule has 0 bridgehead atoms.